The Bertz CT molecular complexity index is 679. The number of hydrogen-bond donors (Lipinski definition) is 0. The third kappa shape index (κ3) is 2.42. The molecular formula is C17H15F2NO. The largest absolute Gasteiger partial charge is 0.361 e. The van der Waals surface area contributed by atoms with Gasteiger partial charge < -0.3 is 4.90 Å². The number of hydrogen-bond acceptors (Lipinski definition) is 2. The van der Waals surface area contributed by atoms with Gasteiger partial charge in [0.05, 0.1) is 12.1 Å². The second-order valence-electron chi connectivity index (χ2n) is 5.33. The van der Waals surface area contributed by atoms with Crippen LogP contribution in [0.4, 0.5) is 14.5 Å². The predicted molar refractivity (Wildman–Crippen MR) is 77.6 cm³/mol. The number of benzene rings is 2. The molecule has 0 aliphatic carbocycles. The number of para-hydroxylation sites is 1. The molecule has 1 aliphatic heterocycles. The lowest BCUT2D eigenvalue weighted by atomic mass is 10.1. The van der Waals surface area contributed by atoms with Gasteiger partial charge >= 0.3 is 0 Å². The molecule has 0 N–H and O–H groups in total. The van der Waals surface area contributed by atoms with Crippen LogP contribution < -0.4 is 4.90 Å². The second-order valence-corrected chi connectivity index (χ2v) is 5.33. The highest BCUT2D eigenvalue weighted by molar-refractivity contribution is 6.00. The highest BCUT2D eigenvalue weighted by Crippen LogP contribution is 2.31. The minimum Gasteiger partial charge on any atom is -0.361 e. The average molecular weight is 287 g/mol. The summed E-state index contributed by atoms with van der Waals surface area (Å²) in [7, 11) is 0. The van der Waals surface area contributed by atoms with E-state index in [9.17, 15) is 13.6 Å². The number of anilines is 1. The fourth-order valence-corrected chi connectivity index (χ4v) is 2.87. The third-order valence-electron chi connectivity index (χ3n) is 3.90. The molecule has 0 bridgehead atoms. The second kappa shape index (κ2) is 5.28. The molecule has 0 aromatic heterocycles. The van der Waals surface area contributed by atoms with E-state index in [1.54, 1.807) is 0 Å². The van der Waals surface area contributed by atoms with Crippen molar-refractivity contribution in [1.82, 2.24) is 0 Å². The molecule has 21 heavy (non-hydrogen) atoms. The van der Waals surface area contributed by atoms with Crippen LogP contribution in [-0.2, 0) is 6.42 Å². The summed E-state index contributed by atoms with van der Waals surface area (Å²) < 4.78 is 27.4. The Balaban J connectivity index is 1.89. The van der Waals surface area contributed by atoms with Crippen molar-refractivity contribution in [3.8, 4) is 0 Å². The molecular weight excluding hydrogens is 272 g/mol. The van der Waals surface area contributed by atoms with Crippen LogP contribution >= 0.6 is 0 Å². The van der Waals surface area contributed by atoms with Crippen LogP contribution in [-0.4, -0.2) is 18.4 Å². The summed E-state index contributed by atoms with van der Waals surface area (Å²) in [6.45, 7) is 1.99. The van der Waals surface area contributed by atoms with Gasteiger partial charge in [-0.2, -0.15) is 0 Å². The van der Waals surface area contributed by atoms with Crippen molar-refractivity contribution in [2.24, 2.45) is 0 Å². The van der Waals surface area contributed by atoms with E-state index in [0.29, 0.717) is 0 Å². The molecule has 1 heterocycles. The maximum absolute atomic E-state index is 13.7. The molecule has 0 spiro atoms. The van der Waals surface area contributed by atoms with Crippen molar-refractivity contribution in [2.75, 3.05) is 11.4 Å². The van der Waals surface area contributed by atoms with Gasteiger partial charge in [0.25, 0.3) is 0 Å². The molecule has 2 aromatic rings. The van der Waals surface area contributed by atoms with E-state index in [4.69, 9.17) is 0 Å². The Morgan fingerprint density at radius 1 is 1.14 bits per heavy atom. The zero-order valence-corrected chi connectivity index (χ0v) is 11.6. The van der Waals surface area contributed by atoms with Crippen molar-refractivity contribution >= 4 is 11.5 Å². The maximum atomic E-state index is 13.7. The molecule has 1 aliphatic rings. The minimum absolute atomic E-state index is 0.0178. The summed E-state index contributed by atoms with van der Waals surface area (Å²) in [5, 5.41) is 0. The smallest absolute Gasteiger partial charge is 0.187 e. The summed E-state index contributed by atoms with van der Waals surface area (Å²) in [5.41, 5.74) is 1.68. The summed E-state index contributed by atoms with van der Waals surface area (Å²) in [5.74, 6) is -2.14. The Morgan fingerprint density at radius 3 is 2.52 bits per heavy atom. The Morgan fingerprint density at radius 2 is 1.81 bits per heavy atom. The van der Waals surface area contributed by atoms with Gasteiger partial charge in [-0.25, -0.2) is 8.78 Å². The molecule has 0 amide bonds. The zero-order valence-electron chi connectivity index (χ0n) is 11.6. The lowest BCUT2D eigenvalue weighted by Crippen LogP contribution is -2.35. The Hall–Kier alpha value is -2.23. The lowest BCUT2D eigenvalue weighted by Gasteiger charge is -2.24. The first-order valence-corrected chi connectivity index (χ1v) is 6.89. The monoisotopic (exact) mass is 287 g/mol. The third-order valence-corrected chi connectivity index (χ3v) is 3.90. The van der Waals surface area contributed by atoms with Crippen molar-refractivity contribution in [1.29, 1.82) is 0 Å². The van der Waals surface area contributed by atoms with Crippen LogP contribution in [0.1, 0.15) is 22.8 Å². The Labute approximate surface area is 122 Å². The van der Waals surface area contributed by atoms with E-state index in [1.165, 1.54) is 6.07 Å². The van der Waals surface area contributed by atoms with Crippen molar-refractivity contribution in [3.05, 3.63) is 65.2 Å². The molecule has 2 nitrogen and oxygen atoms in total. The topological polar surface area (TPSA) is 20.3 Å². The first kappa shape index (κ1) is 13.7. The Kier molecular flexibility index (Phi) is 3.45. The van der Waals surface area contributed by atoms with E-state index in [1.807, 2.05) is 36.1 Å². The van der Waals surface area contributed by atoms with Gasteiger partial charge in [0, 0.05) is 11.7 Å². The number of nitrogens with zero attached hydrogens (tertiary/aromatic N) is 1. The van der Waals surface area contributed by atoms with E-state index in [0.717, 1.165) is 29.8 Å². The molecule has 3 rings (SSSR count). The molecule has 0 fully saturated rings. The normalized spacial score (nSPS) is 16.9. The van der Waals surface area contributed by atoms with E-state index >= 15 is 0 Å². The van der Waals surface area contributed by atoms with Crippen LogP contribution in [0.2, 0.25) is 0 Å². The van der Waals surface area contributed by atoms with Gasteiger partial charge in [-0.3, -0.25) is 4.79 Å². The van der Waals surface area contributed by atoms with Crippen LogP contribution in [0.5, 0.6) is 0 Å². The molecule has 0 saturated heterocycles. The zero-order chi connectivity index (χ0) is 15.0. The molecule has 1 unspecified atom stereocenters. The number of rotatable bonds is 3. The molecule has 1 atom stereocenters. The predicted octanol–water partition coefficient (Wildman–Crippen LogP) is 3.60. The molecule has 4 heteroatoms. The summed E-state index contributed by atoms with van der Waals surface area (Å²) in [4.78, 5) is 14.2. The molecule has 2 aromatic carbocycles. The van der Waals surface area contributed by atoms with Crippen molar-refractivity contribution < 1.29 is 13.6 Å². The first-order chi connectivity index (χ1) is 10.1. The standard InChI is InChI=1S/C17H15F2NO/c1-11-9-12-5-2-3-8-15(12)20(11)10-16(21)17-13(18)6-4-7-14(17)19/h2-8,11H,9-10H2,1H3. The molecule has 108 valence electrons. The van der Waals surface area contributed by atoms with Crippen LogP contribution in [0.25, 0.3) is 0 Å². The number of carbonyl (C=O) groups excluding carboxylic acids is 1. The van der Waals surface area contributed by atoms with Gasteiger partial charge in [-0.15, -0.1) is 0 Å². The molecule has 0 radical (unpaired) electrons. The van der Waals surface area contributed by atoms with Gasteiger partial charge in [-0.1, -0.05) is 24.3 Å². The van der Waals surface area contributed by atoms with Gasteiger partial charge in [-0.05, 0) is 37.1 Å². The number of carbonyl (C=O) groups is 1. The van der Waals surface area contributed by atoms with Gasteiger partial charge in [0.2, 0.25) is 0 Å². The van der Waals surface area contributed by atoms with Gasteiger partial charge in [0.1, 0.15) is 11.6 Å². The maximum Gasteiger partial charge on any atom is 0.187 e. The molecule has 0 saturated carbocycles. The van der Waals surface area contributed by atoms with E-state index in [-0.39, 0.29) is 12.6 Å². The lowest BCUT2D eigenvalue weighted by molar-refractivity contribution is 0.0989. The van der Waals surface area contributed by atoms with E-state index < -0.39 is 23.0 Å². The van der Waals surface area contributed by atoms with Crippen LogP contribution in [0.3, 0.4) is 0 Å². The van der Waals surface area contributed by atoms with Crippen LogP contribution in [0, 0.1) is 11.6 Å². The summed E-state index contributed by atoms with van der Waals surface area (Å²) in [6, 6.07) is 11.4. The number of ketones is 1. The summed E-state index contributed by atoms with van der Waals surface area (Å²) in [6.07, 6.45) is 0.837. The van der Waals surface area contributed by atoms with Crippen molar-refractivity contribution in [2.45, 2.75) is 19.4 Å². The SMILES string of the molecule is CC1Cc2ccccc2N1CC(=O)c1c(F)cccc1F. The van der Waals surface area contributed by atoms with Crippen molar-refractivity contribution in [3.63, 3.8) is 0 Å². The highest BCUT2D eigenvalue weighted by atomic mass is 19.1. The number of fused-ring (bicyclic) bond motifs is 1. The minimum atomic E-state index is -0.805. The quantitative estimate of drug-likeness (QED) is 0.804. The fourth-order valence-electron chi connectivity index (χ4n) is 2.87. The average Bonchev–Trinajstić information content (AvgIpc) is 2.75. The first-order valence-electron chi connectivity index (χ1n) is 6.89. The number of Topliss-reactive ketones (excluding diaryl/α,β-unsaturated/α-hetero) is 1. The fraction of sp³-hybridized carbons (Fsp3) is 0.235. The van der Waals surface area contributed by atoms with Gasteiger partial charge in [0.15, 0.2) is 5.78 Å². The van der Waals surface area contributed by atoms with E-state index in [2.05, 4.69) is 0 Å². The summed E-state index contributed by atoms with van der Waals surface area (Å²) >= 11 is 0. The van der Waals surface area contributed by atoms with Crippen LogP contribution in [0.15, 0.2) is 42.5 Å². The number of halogens is 2. The highest BCUT2D eigenvalue weighted by Gasteiger charge is 2.28.